The van der Waals surface area contributed by atoms with Crippen molar-refractivity contribution in [2.24, 2.45) is 11.1 Å². The standard InChI is InChI=1S/C8H17NO.ClH/c1-7(2)6-10-5-4-8(7,3)9;/h4-6,9H2,1-3H3;1H. The highest BCUT2D eigenvalue weighted by Gasteiger charge is 2.40. The Kier molecular flexibility index (Phi) is 3.36. The van der Waals surface area contributed by atoms with Gasteiger partial charge in [-0.3, -0.25) is 0 Å². The van der Waals surface area contributed by atoms with E-state index in [2.05, 4.69) is 20.8 Å². The first-order valence-corrected chi connectivity index (χ1v) is 3.82. The van der Waals surface area contributed by atoms with Crippen molar-refractivity contribution in [1.82, 2.24) is 0 Å². The molecule has 0 amide bonds. The largest absolute Gasteiger partial charge is 0.381 e. The van der Waals surface area contributed by atoms with Crippen molar-refractivity contribution in [2.45, 2.75) is 32.7 Å². The normalized spacial score (nSPS) is 36.0. The van der Waals surface area contributed by atoms with E-state index in [0.29, 0.717) is 0 Å². The van der Waals surface area contributed by atoms with E-state index in [0.717, 1.165) is 19.6 Å². The minimum absolute atomic E-state index is 0. The molecular weight excluding hydrogens is 162 g/mol. The average Bonchev–Trinajstić information content (AvgIpc) is 1.77. The van der Waals surface area contributed by atoms with E-state index < -0.39 is 0 Å². The van der Waals surface area contributed by atoms with Gasteiger partial charge in [-0.05, 0) is 13.3 Å². The fraction of sp³-hybridized carbons (Fsp3) is 1.00. The number of halogens is 1. The van der Waals surface area contributed by atoms with Gasteiger partial charge in [0.2, 0.25) is 0 Å². The van der Waals surface area contributed by atoms with Crippen LogP contribution in [0.1, 0.15) is 27.2 Å². The van der Waals surface area contributed by atoms with E-state index in [4.69, 9.17) is 10.5 Å². The average molecular weight is 180 g/mol. The van der Waals surface area contributed by atoms with E-state index in [9.17, 15) is 0 Å². The number of hydrogen-bond donors (Lipinski definition) is 1. The summed E-state index contributed by atoms with van der Waals surface area (Å²) in [5, 5.41) is 0. The second-order valence-electron chi connectivity index (χ2n) is 4.10. The molecule has 0 saturated carbocycles. The minimum Gasteiger partial charge on any atom is -0.381 e. The molecule has 0 spiro atoms. The Morgan fingerprint density at radius 1 is 1.27 bits per heavy atom. The predicted octanol–water partition coefficient (Wildman–Crippen LogP) is 1.57. The molecule has 0 bridgehead atoms. The molecule has 1 atom stereocenters. The molecule has 0 aromatic rings. The molecule has 1 heterocycles. The lowest BCUT2D eigenvalue weighted by molar-refractivity contribution is -0.0397. The van der Waals surface area contributed by atoms with Crippen LogP contribution in [-0.4, -0.2) is 18.8 Å². The Morgan fingerprint density at radius 2 is 1.82 bits per heavy atom. The van der Waals surface area contributed by atoms with Gasteiger partial charge < -0.3 is 10.5 Å². The quantitative estimate of drug-likeness (QED) is 0.613. The minimum atomic E-state index is -0.0503. The number of hydrogen-bond acceptors (Lipinski definition) is 2. The lowest BCUT2D eigenvalue weighted by atomic mass is 9.71. The van der Waals surface area contributed by atoms with Gasteiger partial charge in [0.05, 0.1) is 6.61 Å². The highest BCUT2D eigenvalue weighted by Crippen LogP contribution is 2.34. The van der Waals surface area contributed by atoms with E-state index in [1.54, 1.807) is 0 Å². The summed E-state index contributed by atoms with van der Waals surface area (Å²) in [7, 11) is 0. The molecule has 11 heavy (non-hydrogen) atoms. The van der Waals surface area contributed by atoms with Gasteiger partial charge in [0.1, 0.15) is 0 Å². The van der Waals surface area contributed by atoms with Crippen molar-refractivity contribution in [1.29, 1.82) is 0 Å². The van der Waals surface area contributed by atoms with Crippen molar-refractivity contribution >= 4 is 12.4 Å². The summed E-state index contributed by atoms with van der Waals surface area (Å²) in [6.07, 6.45) is 0.972. The lowest BCUT2D eigenvalue weighted by Gasteiger charge is -2.44. The van der Waals surface area contributed by atoms with Gasteiger partial charge in [0.25, 0.3) is 0 Å². The van der Waals surface area contributed by atoms with Gasteiger partial charge in [-0.25, -0.2) is 0 Å². The van der Waals surface area contributed by atoms with Crippen LogP contribution in [0.3, 0.4) is 0 Å². The summed E-state index contributed by atoms with van der Waals surface area (Å²) in [6, 6.07) is 0. The molecule has 0 aromatic carbocycles. The molecule has 1 rings (SSSR count). The smallest absolute Gasteiger partial charge is 0.0534 e. The molecular formula is C8H18ClNO. The molecule has 1 aliphatic heterocycles. The Morgan fingerprint density at radius 3 is 2.09 bits per heavy atom. The Bertz CT molecular complexity index is 118. The first-order valence-electron chi connectivity index (χ1n) is 3.82. The van der Waals surface area contributed by atoms with Crippen LogP contribution in [0.25, 0.3) is 0 Å². The molecule has 0 aliphatic carbocycles. The zero-order valence-electron chi connectivity index (χ0n) is 7.52. The van der Waals surface area contributed by atoms with Crippen LogP contribution in [0.5, 0.6) is 0 Å². The summed E-state index contributed by atoms with van der Waals surface area (Å²) in [6.45, 7) is 8.03. The Balaban J connectivity index is 0.000001000. The Hall–Kier alpha value is 0.210. The summed E-state index contributed by atoms with van der Waals surface area (Å²) in [5.41, 5.74) is 6.16. The molecule has 1 saturated heterocycles. The molecule has 68 valence electrons. The second kappa shape index (κ2) is 3.30. The van der Waals surface area contributed by atoms with Gasteiger partial charge >= 0.3 is 0 Å². The summed E-state index contributed by atoms with van der Waals surface area (Å²) in [4.78, 5) is 0. The van der Waals surface area contributed by atoms with Crippen molar-refractivity contribution in [2.75, 3.05) is 13.2 Å². The fourth-order valence-electron chi connectivity index (χ4n) is 1.11. The van der Waals surface area contributed by atoms with Crippen molar-refractivity contribution in [3.8, 4) is 0 Å². The SMILES string of the molecule is CC1(C)COCCC1(C)N.Cl. The Labute approximate surface area is 74.9 Å². The molecule has 1 fully saturated rings. The molecule has 2 N–H and O–H groups in total. The molecule has 2 nitrogen and oxygen atoms in total. The first-order chi connectivity index (χ1) is 4.46. The predicted molar refractivity (Wildman–Crippen MR) is 49.1 cm³/mol. The van der Waals surface area contributed by atoms with Gasteiger partial charge in [0.15, 0.2) is 0 Å². The topological polar surface area (TPSA) is 35.2 Å². The summed E-state index contributed by atoms with van der Waals surface area (Å²) < 4.78 is 5.34. The van der Waals surface area contributed by atoms with Gasteiger partial charge in [-0.15, -0.1) is 12.4 Å². The maximum Gasteiger partial charge on any atom is 0.0534 e. The third-order valence-corrected chi connectivity index (χ3v) is 2.77. The molecule has 1 unspecified atom stereocenters. The zero-order valence-corrected chi connectivity index (χ0v) is 8.33. The third-order valence-electron chi connectivity index (χ3n) is 2.77. The molecule has 1 aliphatic rings. The number of ether oxygens (including phenoxy) is 1. The van der Waals surface area contributed by atoms with Crippen molar-refractivity contribution < 1.29 is 4.74 Å². The number of rotatable bonds is 0. The summed E-state index contributed by atoms with van der Waals surface area (Å²) in [5.74, 6) is 0. The van der Waals surface area contributed by atoms with Crippen LogP contribution in [-0.2, 0) is 4.74 Å². The maximum absolute atomic E-state index is 6.08. The van der Waals surface area contributed by atoms with Crippen LogP contribution < -0.4 is 5.73 Å². The second-order valence-corrected chi connectivity index (χ2v) is 4.10. The van der Waals surface area contributed by atoms with Crippen LogP contribution in [0.15, 0.2) is 0 Å². The third kappa shape index (κ3) is 2.08. The molecule has 3 heteroatoms. The lowest BCUT2D eigenvalue weighted by Crippen LogP contribution is -2.55. The van der Waals surface area contributed by atoms with Gasteiger partial charge in [-0.2, -0.15) is 0 Å². The monoisotopic (exact) mass is 179 g/mol. The van der Waals surface area contributed by atoms with Crippen molar-refractivity contribution in [3.05, 3.63) is 0 Å². The van der Waals surface area contributed by atoms with E-state index in [-0.39, 0.29) is 23.4 Å². The van der Waals surface area contributed by atoms with Crippen molar-refractivity contribution in [3.63, 3.8) is 0 Å². The molecule has 0 aromatic heterocycles. The zero-order chi connectivity index (χ0) is 7.83. The van der Waals surface area contributed by atoms with Gasteiger partial charge in [0, 0.05) is 17.6 Å². The highest BCUT2D eigenvalue weighted by molar-refractivity contribution is 5.85. The number of nitrogens with two attached hydrogens (primary N) is 1. The first kappa shape index (κ1) is 11.2. The van der Waals surface area contributed by atoms with E-state index >= 15 is 0 Å². The van der Waals surface area contributed by atoms with Crippen LogP contribution in [0.2, 0.25) is 0 Å². The van der Waals surface area contributed by atoms with Crippen LogP contribution >= 0.6 is 12.4 Å². The highest BCUT2D eigenvalue weighted by atomic mass is 35.5. The summed E-state index contributed by atoms with van der Waals surface area (Å²) >= 11 is 0. The van der Waals surface area contributed by atoms with Crippen LogP contribution in [0, 0.1) is 5.41 Å². The van der Waals surface area contributed by atoms with Crippen LogP contribution in [0.4, 0.5) is 0 Å². The fourth-order valence-corrected chi connectivity index (χ4v) is 1.11. The van der Waals surface area contributed by atoms with Gasteiger partial charge in [-0.1, -0.05) is 13.8 Å². The molecule has 0 radical (unpaired) electrons. The maximum atomic E-state index is 6.08. The van der Waals surface area contributed by atoms with E-state index in [1.165, 1.54) is 0 Å². The van der Waals surface area contributed by atoms with E-state index in [1.807, 2.05) is 0 Å².